The average Bonchev–Trinajstić information content (AvgIpc) is 2.74. The van der Waals surface area contributed by atoms with Crippen LogP contribution in [0, 0.1) is 17.0 Å². The van der Waals surface area contributed by atoms with Gasteiger partial charge in [-0.1, -0.05) is 24.3 Å². The van der Waals surface area contributed by atoms with Gasteiger partial charge in [0.05, 0.1) is 4.92 Å². The van der Waals surface area contributed by atoms with Crippen molar-refractivity contribution in [1.29, 1.82) is 0 Å². The van der Waals surface area contributed by atoms with Crippen molar-refractivity contribution in [2.75, 3.05) is 44.2 Å². The van der Waals surface area contributed by atoms with Gasteiger partial charge >= 0.3 is 0 Å². The van der Waals surface area contributed by atoms with Gasteiger partial charge in [-0.15, -0.1) is 0 Å². The molecule has 0 saturated carbocycles. The van der Waals surface area contributed by atoms with E-state index in [0.29, 0.717) is 17.7 Å². The van der Waals surface area contributed by atoms with E-state index >= 15 is 0 Å². The molecule has 29 heavy (non-hydrogen) atoms. The number of benzene rings is 2. The average molecular weight is 396 g/mol. The van der Waals surface area contributed by atoms with Gasteiger partial charge in [0.1, 0.15) is 0 Å². The fraction of sp³-hybridized carbons (Fsp3) is 0.409. The van der Waals surface area contributed by atoms with E-state index < -0.39 is 4.92 Å². The highest BCUT2D eigenvalue weighted by Crippen LogP contribution is 2.21. The molecule has 3 rings (SSSR count). The summed E-state index contributed by atoms with van der Waals surface area (Å²) in [5.41, 5.74) is 2.04. The van der Waals surface area contributed by atoms with Crippen molar-refractivity contribution >= 4 is 17.3 Å². The zero-order valence-corrected chi connectivity index (χ0v) is 16.8. The Hall–Kier alpha value is -2.93. The maximum Gasteiger partial charge on any atom is 0.273 e. The summed E-state index contributed by atoms with van der Waals surface area (Å²) in [6.45, 7) is 7.38. The zero-order chi connectivity index (χ0) is 20.6. The third-order valence-electron chi connectivity index (χ3n) is 5.43. The van der Waals surface area contributed by atoms with Gasteiger partial charge in [-0.3, -0.25) is 19.8 Å². The SMILES string of the molecule is Cc1c(C(=O)NCCCCN2CCN(c3ccccc3)CC2)cccc1[N+](=O)[O-]. The first-order valence-corrected chi connectivity index (χ1v) is 10.1. The molecule has 0 spiro atoms. The van der Waals surface area contributed by atoms with Gasteiger partial charge in [0.2, 0.25) is 0 Å². The molecule has 0 radical (unpaired) electrons. The Morgan fingerprint density at radius 2 is 1.76 bits per heavy atom. The number of carbonyl (C=O) groups excluding carboxylic acids is 1. The Morgan fingerprint density at radius 1 is 1.03 bits per heavy atom. The third kappa shape index (κ3) is 5.54. The number of nitro groups is 1. The molecular weight excluding hydrogens is 368 g/mol. The number of unbranched alkanes of at least 4 members (excludes halogenated alkanes) is 1. The predicted molar refractivity (Wildman–Crippen MR) is 114 cm³/mol. The van der Waals surface area contributed by atoms with Crippen LogP contribution in [-0.2, 0) is 0 Å². The number of hydrogen-bond acceptors (Lipinski definition) is 5. The second kappa shape index (κ2) is 10.0. The van der Waals surface area contributed by atoms with Crippen molar-refractivity contribution in [1.82, 2.24) is 10.2 Å². The van der Waals surface area contributed by atoms with Crippen molar-refractivity contribution in [3.63, 3.8) is 0 Å². The number of carbonyl (C=O) groups is 1. The lowest BCUT2D eigenvalue weighted by molar-refractivity contribution is -0.385. The van der Waals surface area contributed by atoms with Gasteiger partial charge < -0.3 is 10.2 Å². The highest BCUT2D eigenvalue weighted by atomic mass is 16.6. The molecule has 7 nitrogen and oxygen atoms in total. The van der Waals surface area contributed by atoms with E-state index in [-0.39, 0.29) is 11.6 Å². The number of anilines is 1. The minimum absolute atomic E-state index is 0.0210. The number of piperazine rings is 1. The molecule has 1 saturated heterocycles. The summed E-state index contributed by atoms with van der Waals surface area (Å²) in [6, 6.07) is 15.1. The molecule has 0 aliphatic carbocycles. The maximum absolute atomic E-state index is 12.3. The third-order valence-corrected chi connectivity index (χ3v) is 5.43. The van der Waals surface area contributed by atoms with Gasteiger partial charge in [-0.05, 0) is 44.5 Å². The van der Waals surface area contributed by atoms with Gasteiger partial charge in [0, 0.05) is 55.6 Å². The lowest BCUT2D eigenvalue weighted by atomic mass is 10.1. The summed E-state index contributed by atoms with van der Waals surface area (Å²) in [5, 5.41) is 13.9. The van der Waals surface area contributed by atoms with E-state index in [0.717, 1.165) is 45.6 Å². The van der Waals surface area contributed by atoms with Crippen molar-refractivity contribution in [2.45, 2.75) is 19.8 Å². The standard InChI is InChI=1S/C22H28N4O3/c1-18-20(10-7-11-21(18)26(28)29)22(27)23-12-5-6-13-24-14-16-25(17-15-24)19-8-3-2-4-9-19/h2-4,7-11H,5-6,12-17H2,1H3,(H,23,27). The van der Waals surface area contributed by atoms with Crippen molar-refractivity contribution in [2.24, 2.45) is 0 Å². The monoisotopic (exact) mass is 396 g/mol. The summed E-state index contributed by atoms with van der Waals surface area (Å²) in [5.74, 6) is -0.248. The Bertz CT molecular complexity index is 833. The predicted octanol–water partition coefficient (Wildman–Crippen LogP) is 3.24. The van der Waals surface area contributed by atoms with Crippen molar-refractivity contribution in [3.05, 3.63) is 69.8 Å². The molecule has 2 aromatic rings. The summed E-state index contributed by atoms with van der Waals surface area (Å²) in [6.07, 6.45) is 1.90. The lowest BCUT2D eigenvalue weighted by Crippen LogP contribution is -2.46. The van der Waals surface area contributed by atoms with Crippen LogP contribution in [0.2, 0.25) is 0 Å². The van der Waals surface area contributed by atoms with E-state index in [4.69, 9.17) is 0 Å². The molecule has 1 heterocycles. The maximum atomic E-state index is 12.3. The van der Waals surface area contributed by atoms with Crippen LogP contribution in [0.1, 0.15) is 28.8 Å². The van der Waals surface area contributed by atoms with E-state index in [9.17, 15) is 14.9 Å². The Balaban J connectivity index is 1.35. The van der Waals surface area contributed by atoms with Crippen molar-refractivity contribution in [3.8, 4) is 0 Å². The second-order valence-electron chi connectivity index (χ2n) is 7.33. The smallest absolute Gasteiger partial charge is 0.273 e. The number of rotatable bonds is 8. The fourth-order valence-electron chi connectivity index (χ4n) is 3.69. The molecule has 1 aliphatic rings. The first-order chi connectivity index (χ1) is 14.1. The topological polar surface area (TPSA) is 78.7 Å². The van der Waals surface area contributed by atoms with Gasteiger partial charge in [-0.25, -0.2) is 0 Å². The van der Waals surface area contributed by atoms with E-state index in [1.54, 1.807) is 19.1 Å². The lowest BCUT2D eigenvalue weighted by Gasteiger charge is -2.36. The fourth-order valence-corrected chi connectivity index (χ4v) is 3.69. The number of hydrogen-bond donors (Lipinski definition) is 1. The molecule has 1 aliphatic heterocycles. The molecule has 0 bridgehead atoms. The number of nitrogens with zero attached hydrogens (tertiary/aromatic N) is 3. The molecule has 0 unspecified atom stereocenters. The van der Waals surface area contributed by atoms with E-state index in [2.05, 4.69) is 39.4 Å². The first-order valence-electron chi connectivity index (χ1n) is 10.1. The summed E-state index contributed by atoms with van der Waals surface area (Å²) in [4.78, 5) is 27.8. The first kappa shape index (κ1) is 20.8. The molecule has 1 amide bonds. The number of nitrogens with one attached hydrogen (secondary N) is 1. The Labute approximate surface area is 171 Å². The minimum Gasteiger partial charge on any atom is -0.369 e. The van der Waals surface area contributed by atoms with Gasteiger partial charge in [-0.2, -0.15) is 0 Å². The van der Waals surface area contributed by atoms with Gasteiger partial charge in [0.15, 0.2) is 0 Å². The number of nitro benzene ring substituents is 1. The van der Waals surface area contributed by atoms with Crippen LogP contribution in [0.3, 0.4) is 0 Å². The molecule has 1 fully saturated rings. The van der Waals surface area contributed by atoms with Crippen LogP contribution in [-0.4, -0.2) is 55.0 Å². The number of para-hydroxylation sites is 1. The molecule has 0 aromatic heterocycles. The van der Waals surface area contributed by atoms with Crippen LogP contribution in [0.5, 0.6) is 0 Å². The minimum atomic E-state index is -0.455. The van der Waals surface area contributed by atoms with Crippen LogP contribution >= 0.6 is 0 Å². The highest BCUT2D eigenvalue weighted by Gasteiger charge is 2.18. The largest absolute Gasteiger partial charge is 0.369 e. The zero-order valence-electron chi connectivity index (χ0n) is 16.8. The van der Waals surface area contributed by atoms with Crippen LogP contribution in [0.25, 0.3) is 0 Å². The molecule has 0 atom stereocenters. The Kier molecular flexibility index (Phi) is 7.19. The molecular formula is C22H28N4O3. The van der Waals surface area contributed by atoms with E-state index in [1.165, 1.54) is 11.8 Å². The molecule has 1 N–H and O–H groups in total. The quantitative estimate of drug-likeness (QED) is 0.421. The van der Waals surface area contributed by atoms with E-state index in [1.807, 2.05) is 6.07 Å². The van der Waals surface area contributed by atoms with Crippen LogP contribution in [0.4, 0.5) is 11.4 Å². The summed E-state index contributed by atoms with van der Waals surface area (Å²) >= 11 is 0. The normalized spacial score (nSPS) is 14.6. The second-order valence-corrected chi connectivity index (χ2v) is 7.33. The Morgan fingerprint density at radius 3 is 2.45 bits per heavy atom. The summed E-state index contributed by atoms with van der Waals surface area (Å²) in [7, 11) is 0. The van der Waals surface area contributed by atoms with Gasteiger partial charge in [0.25, 0.3) is 11.6 Å². The highest BCUT2D eigenvalue weighted by molar-refractivity contribution is 5.96. The van der Waals surface area contributed by atoms with Crippen LogP contribution in [0.15, 0.2) is 48.5 Å². The molecule has 154 valence electrons. The molecule has 2 aromatic carbocycles. The van der Waals surface area contributed by atoms with Crippen molar-refractivity contribution < 1.29 is 9.72 Å². The summed E-state index contributed by atoms with van der Waals surface area (Å²) < 4.78 is 0. The number of amides is 1. The molecule has 7 heteroatoms. The van der Waals surface area contributed by atoms with Crippen LogP contribution < -0.4 is 10.2 Å².